The lowest BCUT2D eigenvalue weighted by atomic mass is 9.87. The average molecular weight is 647 g/mol. The second-order valence-electron chi connectivity index (χ2n) is 11.9. The zero-order valence-electron chi connectivity index (χ0n) is 26.6. The molecular weight excluding hydrogens is 600 g/mol. The van der Waals surface area contributed by atoms with E-state index in [0.717, 1.165) is 70.3 Å². The highest BCUT2D eigenvalue weighted by Gasteiger charge is 2.27. The minimum absolute atomic E-state index is 0. The summed E-state index contributed by atoms with van der Waals surface area (Å²) in [4.78, 5) is 2.39. The lowest BCUT2D eigenvalue weighted by Crippen LogP contribution is -2.40. The van der Waals surface area contributed by atoms with Crippen LogP contribution in [0.2, 0.25) is 0 Å². The summed E-state index contributed by atoms with van der Waals surface area (Å²) in [6.45, 7) is 9.62. The second-order valence-corrected chi connectivity index (χ2v) is 11.9. The summed E-state index contributed by atoms with van der Waals surface area (Å²) < 4.78 is 29.8. The fraction of sp³-hybridized carbons (Fsp3) is 0.421. The van der Waals surface area contributed by atoms with Crippen molar-refractivity contribution in [2.24, 2.45) is 0 Å². The summed E-state index contributed by atoms with van der Waals surface area (Å²) in [5, 5.41) is 5.91. The molecule has 4 aromatic carbocycles. The Kier molecular flexibility index (Phi) is 13.6. The molecule has 6 rings (SSSR count). The molecule has 0 bridgehead atoms. The number of piperidine rings is 1. The fourth-order valence-corrected chi connectivity index (χ4v) is 6.09. The van der Waals surface area contributed by atoms with E-state index in [2.05, 4.69) is 83.0 Å². The Hall–Kier alpha value is -3.17. The summed E-state index contributed by atoms with van der Waals surface area (Å²) in [7, 11) is 0. The largest absolute Gasteiger partial charge is 0.494 e. The van der Waals surface area contributed by atoms with E-state index in [0.29, 0.717) is 39.0 Å². The molecular formula is C38H47ClN2O5. The summed E-state index contributed by atoms with van der Waals surface area (Å²) in [6.07, 6.45) is 2.03. The van der Waals surface area contributed by atoms with Gasteiger partial charge in [-0.1, -0.05) is 60.7 Å². The molecule has 46 heavy (non-hydrogen) atoms. The SMILES string of the molecule is Cl.c1ccc(COCCCOc2ccc(C3CCNCC3OCc3ccc4cc(OCCN5CCOCC5)ccc4c3)cc2)cc1. The number of halogens is 1. The number of nitrogens with one attached hydrogen (secondary N) is 1. The van der Waals surface area contributed by atoms with Gasteiger partial charge in [0, 0.05) is 38.5 Å². The van der Waals surface area contributed by atoms with Crippen LogP contribution >= 0.6 is 12.4 Å². The topological polar surface area (TPSA) is 61.4 Å². The number of hydrogen-bond acceptors (Lipinski definition) is 7. The molecule has 7 nitrogen and oxygen atoms in total. The van der Waals surface area contributed by atoms with E-state index < -0.39 is 0 Å². The minimum Gasteiger partial charge on any atom is -0.494 e. The quantitative estimate of drug-likeness (QED) is 0.146. The third-order valence-electron chi connectivity index (χ3n) is 8.67. The van der Waals surface area contributed by atoms with Gasteiger partial charge in [0.05, 0.1) is 45.7 Å². The Bertz CT molecular complexity index is 1450. The van der Waals surface area contributed by atoms with Crippen molar-refractivity contribution in [2.75, 3.05) is 65.8 Å². The van der Waals surface area contributed by atoms with Crippen LogP contribution < -0.4 is 14.8 Å². The van der Waals surface area contributed by atoms with Crippen molar-refractivity contribution in [2.45, 2.75) is 38.1 Å². The van der Waals surface area contributed by atoms with Crippen molar-refractivity contribution in [1.29, 1.82) is 0 Å². The van der Waals surface area contributed by atoms with Crippen LogP contribution in [0.4, 0.5) is 0 Å². The molecule has 0 amide bonds. The van der Waals surface area contributed by atoms with E-state index in [1.54, 1.807) is 0 Å². The molecule has 0 spiro atoms. The van der Waals surface area contributed by atoms with E-state index in [-0.39, 0.29) is 18.5 Å². The highest BCUT2D eigenvalue weighted by molar-refractivity contribution is 5.85. The van der Waals surface area contributed by atoms with Crippen LogP contribution in [0.15, 0.2) is 91.0 Å². The molecule has 0 aliphatic carbocycles. The number of benzene rings is 4. The Morgan fingerprint density at radius 1 is 0.739 bits per heavy atom. The smallest absolute Gasteiger partial charge is 0.120 e. The third-order valence-corrected chi connectivity index (χ3v) is 8.67. The number of rotatable bonds is 15. The molecule has 2 aliphatic heterocycles. The first kappa shape index (κ1) is 34.2. The summed E-state index contributed by atoms with van der Waals surface area (Å²) in [5.74, 6) is 2.17. The van der Waals surface area contributed by atoms with Gasteiger partial charge in [0.1, 0.15) is 18.1 Å². The monoisotopic (exact) mass is 646 g/mol. The Balaban J connectivity index is 0.00000417. The third kappa shape index (κ3) is 10.2. The maximum atomic E-state index is 6.54. The molecule has 2 fully saturated rings. The first-order valence-corrected chi connectivity index (χ1v) is 16.4. The van der Waals surface area contributed by atoms with E-state index in [4.69, 9.17) is 23.7 Å². The first-order valence-electron chi connectivity index (χ1n) is 16.4. The van der Waals surface area contributed by atoms with Crippen molar-refractivity contribution in [3.8, 4) is 11.5 Å². The number of nitrogens with zero attached hydrogens (tertiary/aromatic N) is 1. The van der Waals surface area contributed by atoms with Gasteiger partial charge in [0.15, 0.2) is 0 Å². The van der Waals surface area contributed by atoms with Crippen LogP contribution in [0.3, 0.4) is 0 Å². The lowest BCUT2D eigenvalue weighted by molar-refractivity contribution is 0.0106. The summed E-state index contributed by atoms with van der Waals surface area (Å²) in [6, 6.07) is 31.8. The van der Waals surface area contributed by atoms with Gasteiger partial charge in [0.25, 0.3) is 0 Å². The number of ether oxygens (including phenoxy) is 5. The molecule has 2 atom stereocenters. The molecule has 2 aliphatic rings. The van der Waals surface area contributed by atoms with Crippen LogP contribution in [0.25, 0.3) is 10.8 Å². The van der Waals surface area contributed by atoms with Crippen LogP contribution in [0.1, 0.15) is 35.4 Å². The van der Waals surface area contributed by atoms with E-state index in [1.165, 1.54) is 27.5 Å². The molecule has 8 heteroatoms. The maximum absolute atomic E-state index is 6.54. The average Bonchev–Trinajstić information content (AvgIpc) is 3.10. The van der Waals surface area contributed by atoms with Crippen LogP contribution in [0, 0.1) is 0 Å². The molecule has 0 aromatic heterocycles. The summed E-state index contributed by atoms with van der Waals surface area (Å²) in [5.41, 5.74) is 3.69. The lowest BCUT2D eigenvalue weighted by Gasteiger charge is -2.32. The van der Waals surface area contributed by atoms with Gasteiger partial charge in [-0.3, -0.25) is 4.90 Å². The predicted molar refractivity (Wildman–Crippen MR) is 185 cm³/mol. The number of morpholine rings is 1. The van der Waals surface area contributed by atoms with Crippen molar-refractivity contribution in [1.82, 2.24) is 10.2 Å². The van der Waals surface area contributed by atoms with Gasteiger partial charge in [-0.15, -0.1) is 12.4 Å². The van der Waals surface area contributed by atoms with Crippen molar-refractivity contribution < 1.29 is 23.7 Å². The van der Waals surface area contributed by atoms with Crippen LogP contribution in [-0.2, 0) is 27.4 Å². The highest BCUT2D eigenvalue weighted by Crippen LogP contribution is 2.30. The minimum atomic E-state index is 0. The normalized spacial score (nSPS) is 18.6. The van der Waals surface area contributed by atoms with Crippen molar-refractivity contribution >= 4 is 23.2 Å². The van der Waals surface area contributed by atoms with Gasteiger partial charge in [-0.05, 0) is 70.8 Å². The van der Waals surface area contributed by atoms with Gasteiger partial charge < -0.3 is 29.0 Å². The molecule has 0 saturated carbocycles. The van der Waals surface area contributed by atoms with E-state index in [9.17, 15) is 0 Å². The Morgan fingerprint density at radius 3 is 2.35 bits per heavy atom. The van der Waals surface area contributed by atoms with Crippen LogP contribution in [-0.4, -0.2) is 76.8 Å². The summed E-state index contributed by atoms with van der Waals surface area (Å²) >= 11 is 0. The predicted octanol–water partition coefficient (Wildman–Crippen LogP) is 6.62. The number of hydrogen-bond donors (Lipinski definition) is 1. The molecule has 2 unspecified atom stereocenters. The first-order chi connectivity index (χ1) is 22.3. The second kappa shape index (κ2) is 18.2. The molecule has 4 aromatic rings. The Labute approximate surface area is 279 Å². The zero-order valence-corrected chi connectivity index (χ0v) is 27.4. The number of fused-ring (bicyclic) bond motifs is 1. The Morgan fingerprint density at radius 2 is 1.50 bits per heavy atom. The van der Waals surface area contributed by atoms with Gasteiger partial charge in [-0.25, -0.2) is 0 Å². The van der Waals surface area contributed by atoms with Gasteiger partial charge in [-0.2, -0.15) is 0 Å². The standard InChI is InChI=1S/C38H46N2O5.ClH/c1-2-5-30(6-3-1)28-42-20-4-21-43-35-12-9-32(10-13-35)37-15-16-39-27-38(37)45-29-31-7-8-34-26-36(14-11-33(34)25-31)44-24-19-40-17-22-41-23-18-40;/h1-3,5-14,25-26,37-39H,4,15-24,27-29H2;1H. The van der Waals surface area contributed by atoms with Gasteiger partial charge in [0.2, 0.25) is 0 Å². The van der Waals surface area contributed by atoms with Crippen molar-refractivity contribution in [3.63, 3.8) is 0 Å². The van der Waals surface area contributed by atoms with E-state index in [1.807, 2.05) is 18.2 Å². The van der Waals surface area contributed by atoms with Gasteiger partial charge >= 0.3 is 0 Å². The van der Waals surface area contributed by atoms with Crippen molar-refractivity contribution in [3.05, 3.63) is 108 Å². The fourth-order valence-electron chi connectivity index (χ4n) is 6.09. The zero-order chi connectivity index (χ0) is 30.5. The molecule has 2 saturated heterocycles. The maximum Gasteiger partial charge on any atom is 0.120 e. The molecule has 0 radical (unpaired) electrons. The van der Waals surface area contributed by atoms with E-state index >= 15 is 0 Å². The molecule has 1 N–H and O–H groups in total. The van der Waals surface area contributed by atoms with Crippen LogP contribution in [0.5, 0.6) is 11.5 Å². The highest BCUT2D eigenvalue weighted by atomic mass is 35.5. The molecule has 2 heterocycles. The molecule has 246 valence electrons.